The number of pyridine rings is 1. The van der Waals surface area contributed by atoms with Crippen LogP contribution in [0.15, 0.2) is 66.0 Å². The molecule has 2 aromatic carbocycles. The molecule has 1 aromatic heterocycles. The quantitative estimate of drug-likeness (QED) is 0.0631. The Labute approximate surface area is 407 Å². The van der Waals surface area contributed by atoms with Crippen molar-refractivity contribution in [2.75, 3.05) is 75.4 Å². The molecule has 3 fully saturated rings. The van der Waals surface area contributed by atoms with Crippen molar-refractivity contribution >= 4 is 68.2 Å². The number of rotatable bonds is 19. The summed E-state index contributed by atoms with van der Waals surface area (Å²) in [6, 6.07) is 14.4. The third-order valence-corrected chi connectivity index (χ3v) is 16.3. The van der Waals surface area contributed by atoms with Gasteiger partial charge in [0, 0.05) is 142 Å². The lowest BCUT2D eigenvalue weighted by atomic mass is 10.0. The number of nitrogens with zero attached hydrogens (tertiary/aromatic N) is 6. The zero-order valence-electron chi connectivity index (χ0n) is 39.8. The summed E-state index contributed by atoms with van der Waals surface area (Å²) in [5, 5.41) is 10.3. The van der Waals surface area contributed by atoms with Crippen molar-refractivity contribution in [3.63, 3.8) is 0 Å². The summed E-state index contributed by atoms with van der Waals surface area (Å²) in [7, 11) is 5.27. The average Bonchev–Trinajstić information content (AvgIpc) is 4.16. The van der Waals surface area contributed by atoms with Gasteiger partial charge in [-0.1, -0.05) is 33.7 Å². The number of carbonyl (C=O) groups is 5. The number of aromatic nitrogens is 1. The van der Waals surface area contributed by atoms with E-state index in [0.717, 1.165) is 80.0 Å². The predicted octanol–water partition coefficient (Wildman–Crippen LogP) is 7.22. The standard InChI is InChI=1S/C50H66FN9O6S2/c1-34(61)8-7-26-66-39-13-14-40-44(10-6-19-57(4)45(40)29-39)55-56-46(62)31-50(2,3)68-67-27-17-47(63)59-24-22-58(23-25-59)38-15-20-60(21-16-38)49(65)53-33-36-11-12-37(28-43(36)51)54-48(64)42-30-41(42)35-9-5-18-52-32-35/h5,9,11-14,18,28-29,32,38,41-42H,6-8,10,15-17,19-27,30-31,33H2,1-4H3,(H,53,65)(H,54,64)(H,56,62)/b55-44+/t41-,42+/m1/s1. The summed E-state index contributed by atoms with van der Waals surface area (Å²) in [6.45, 7) is 11.1. The lowest BCUT2D eigenvalue weighted by molar-refractivity contribution is -0.133. The molecule has 15 nitrogen and oxygen atoms in total. The SMILES string of the molecule is CC(=O)CCCOc1ccc2c(c1)N(C)CCC/C2=N\NC(=O)CC(C)(C)SSCCC(=O)N1CCN(C2CCN(C(=O)NCc3ccc(NC(=O)[C@H]4C[C@@H]4c4cccnc4)cc3F)CC2)CC1. The number of amides is 5. The fraction of sp³-hybridized carbons (Fsp3) is 0.540. The van der Waals surface area contributed by atoms with Crippen molar-refractivity contribution in [1.82, 2.24) is 30.4 Å². The maximum absolute atomic E-state index is 15.0. The molecule has 4 heterocycles. The van der Waals surface area contributed by atoms with E-state index < -0.39 is 5.82 Å². The van der Waals surface area contributed by atoms with E-state index >= 15 is 4.39 Å². The third-order valence-electron chi connectivity index (χ3n) is 13.1. The van der Waals surface area contributed by atoms with Gasteiger partial charge in [0.15, 0.2) is 0 Å². The largest absolute Gasteiger partial charge is 0.494 e. The van der Waals surface area contributed by atoms with Gasteiger partial charge in [-0.15, -0.1) is 0 Å². The van der Waals surface area contributed by atoms with Crippen LogP contribution in [0.1, 0.15) is 101 Å². The average molecular weight is 972 g/mol. The molecule has 3 aromatic rings. The van der Waals surface area contributed by atoms with Gasteiger partial charge in [0.05, 0.1) is 12.3 Å². The molecule has 1 aliphatic carbocycles. The van der Waals surface area contributed by atoms with E-state index in [1.807, 2.05) is 56.1 Å². The van der Waals surface area contributed by atoms with Crippen LogP contribution >= 0.6 is 21.6 Å². The molecule has 0 unspecified atom stereocenters. The molecule has 68 heavy (non-hydrogen) atoms. The van der Waals surface area contributed by atoms with Crippen LogP contribution in [-0.2, 0) is 25.7 Å². The summed E-state index contributed by atoms with van der Waals surface area (Å²) in [5.41, 5.74) is 7.36. The summed E-state index contributed by atoms with van der Waals surface area (Å²) < 4.78 is 20.6. The van der Waals surface area contributed by atoms with Crippen molar-refractivity contribution in [2.45, 2.75) is 102 Å². The predicted molar refractivity (Wildman–Crippen MR) is 267 cm³/mol. The number of nitrogens with one attached hydrogen (secondary N) is 3. The molecule has 18 heteroatoms. The molecular formula is C50H66FN9O6S2. The number of Topliss-reactive ketones (excluding diaryl/α,β-unsaturated/α-hetero) is 1. The second-order valence-electron chi connectivity index (χ2n) is 18.9. The lowest BCUT2D eigenvalue weighted by Gasteiger charge is -2.42. The van der Waals surface area contributed by atoms with Crippen LogP contribution in [0.2, 0.25) is 0 Å². The number of hydrogen-bond acceptors (Lipinski definition) is 12. The number of ketones is 1. The van der Waals surface area contributed by atoms with Crippen LogP contribution in [0.5, 0.6) is 5.75 Å². The molecule has 366 valence electrons. The van der Waals surface area contributed by atoms with Gasteiger partial charge < -0.3 is 34.9 Å². The van der Waals surface area contributed by atoms with Crippen LogP contribution in [-0.4, -0.2) is 131 Å². The Hall–Kier alpha value is -5.20. The number of halogens is 1. The minimum atomic E-state index is -0.488. The molecular weight excluding hydrogens is 906 g/mol. The van der Waals surface area contributed by atoms with E-state index in [9.17, 15) is 24.0 Å². The minimum absolute atomic E-state index is 0.0447. The topological polar surface area (TPSA) is 169 Å². The molecule has 5 amide bonds. The fourth-order valence-corrected chi connectivity index (χ4v) is 11.6. The van der Waals surface area contributed by atoms with E-state index in [4.69, 9.17) is 4.74 Å². The zero-order valence-corrected chi connectivity index (χ0v) is 41.4. The number of anilines is 2. The summed E-state index contributed by atoms with van der Waals surface area (Å²) >= 11 is 0. The Balaban J connectivity index is 0.752. The first-order valence-corrected chi connectivity index (χ1v) is 26.2. The number of carbonyl (C=O) groups excluding carboxylic acids is 5. The van der Waals surface area contributed by atoms with E-state index in [1.54, 1.807) is 57.9 Å². The summed E-state index contributed by atoms with van der Waals surface area (Å²) in [6.07, 6.45) is 9.38. The van der Waals surface area contributed by atoms with Gasteiger partial charge in [-0.25, -0.2) is 14.6 Å². The highest BCUT2D eigenvalue weighted by Crippen LogP contribution is 2.47. The Morgan fingerprint density at radius 1 is 0.956 bits per heavy atom. The van der Waals surface area contributed by atoms with Crippen LogP contribution in [0, 0.1) is 11.7 Å². The molecule has 0 spiro atoms. The Morgan fingerprint density at radius 3 is 2.49 bits per heavy atom. The van der Waals surface area contributed by atoms with Crippen LogP contribution in [0.3, 0.4) is 0 Å². The fourth-order valence-electron chi connectivity index (χ4n) is 9.11. The van der Waals surface area contributed by atoms with Gasteiger partial charge in [-0.3, -0.25) is 24.3 Å². The Bertz CT molecular complexity index is 2290. The van der Waals surface area contributed by atoms with Gasteiger partial charge in [0.2, 0.25) is 17.7 Å². The molecule has 7 rings (SSSR count). The van der Waals surface area contributed by atoms with Crippen molar-refractivity contribution in [3.8, 4) is 5.75 Å². The van der Waals surface area contributed by atoms with Gasteiger partial charge in [0.1, 0.15) is 17.3 Å². The van der Waals surface area contributed by atoms with Gasteiger partial charge in [0.25, 0.3) is 0 Å². The maximum atomic E-state index is 15.0. The van der Waals surface area contributed by atoms with Crippen molar-refractivity contribution in [3.05, 3.63) is 83.4 Å². The van der Waals surface area contributed by atoms with Crippen LogP contribution in [0.25, 0.3) is 0 Å². The number of likely N-dealkylation sites (tertiary alicyclic amines) is 1. The Kier molecular flexibility index (Phi) is 17.8. The molecule has 4 aliphatic rings. The van der Waals surface area contributed by atoms with Crippen LogP contribution in [0.4, 0.5) is 20.6 Å². The highest BCUT2D eigenvalue weighted by molar-refractivity contribution is 8.77. The highest BCUT2D eigenvalue weighted by atomic mass is 33.1. The smallest absolute Gasteiger partial charge is 0.317 e. The first kappa shape index (κ1) is 50.7. The number of hydrogen-bond donors (Lipinski definition) is 3. The third kappa shape index (κ3) is 14.4. The minimum Gasteiger partial charge on any atom is -0.494 e. The number of piperazine rings is 1. The second kappa shape index (κ2) is 23.9. The first-order chi connectivity index (χ1) is 32.7. The number of hydrazone groups is 1. The van der Waals surface area contributed by atoms with E-state index in [0.29, 0.717) is 75.1 Å². The number of ether oxygens (including phenoxy) is 1. The molecule has 0 bridgehead atoms. The van der Waals surface area contributed by atoms with Crippen molar-refractivity contribution < 1.29 is 33.1 Å². The zero-order chi connectivity index (χ0) is 48.2. The molecule has 2 saturated heterocycles. The van der Waals surface area contributed by atoms with Crippen LogP contribution < -0.4 is 25.7 Å². The van der Waals surface area contributed by atoms with Gasteiger partial charge in [-0.2, -0.15) is 5.10 Å². The Morgan fingerprint density at radius 2 is 1.75 bits per heavy atom. The maximum Gasteiger partial charge on any atom is 0.317 e. The van der Waals surface area contributed by atoms with E-state index in [1.165, 1.54) is 6.07 Å². The molecule has 3 N–H and O–H groups in total. The number of fused-ring (bicyclic) bond motifs is 1. The normalized spacial score (nSPS) is 19.5. The molecule has 3 aliphatic heterocycles. The van der Waals surface area contributed by atoms with E-state index in [2.05, 4.69) is 35.9 Å². The molecule has 1 saturated carbocycles. The monoisotopic (exact) mass is 971 g/mol. The molecule has 2 atom stereocenters. The van der Waals surface area contributed by atoms with Crippen molar-refractivity contribution in [2.24, 2.45) is 11.0 Å². The van der Waals surface area contributed by atoms with E-state index in [-0.39, 0.29) is 59.1 Å². The number of benzene rings is 2. The second-order valence-corrected chi connectivity index (χ2v) is 22.0. The first-order valence-electron chi connectivity index (χ1n) is 23.9. The molecule has 0 radical (unpaired) electrons. The van der Waals surface area contributed by atoms with Gasteiger partial charge in [-0.05, 0) is 101 Å². The number of piperidine rings is 1. The lowest BCUT2D eigenvalue weighted by Crippen LogP contribution is -2.55. The summed E-state index contributed by atoms with van der Waals surface area (Å²) in [4.78, 5) is 75.8. The highest BCUT2D eigenvalue weighted by Gasteiger charge is 2.44. The van der Waals surface area contributed by atoms with Crippen molar-refractivity contribution in [1.29, 1.82) is 0 Å². The number of urea groups is 1. The van der Waals surface area contributed by atoms with Gasteiger partial charge >= 0.3 is 6.03 Å². The summed E-state index contributed by atoms with van der Waals surface area (Å²) in [5.74, 6) is 0.870.